The maximum absolute atomic E-state index is 12.0. The molecule has 2 aromatic rings. The largest absolute Gasteiger partial charge is 0.466 e. The average Bonchev–Trinajstić information content (AvgIpc) is 2.98. The van der Waals surface area contributed by atoms with E-state index in [0.29, 0.717) is 15.8 Å². The number of aliphatic hydroxyl groups excluding tert-OH is 1. The second kappa shape index (κ2) is 6.71. The normalized spacial score (nSPS) is 15.1. The van der Waals surface area contributed by atoms with Crippen LogP contribution in [0, 0.1) is 0 Å². The molecular weight excluding hydrogens is 329 g/mol. The van der Waals surface area contributed by atoms with E-state index in [-0.39, 0.29) is 12.1 Å². The van der Waals surface area contributed by atoms with Gasteiger partial charge in [-0.15, -0.1) is 0 Å². The maximum atomic E-state index is 12.0. The number of nitrogens with one attached hydrogen (secondary N) is 1. The van der Waals surface area contributed by atoms with Gasteiger partial charge in [0.25, 0.3) is 5.91 Å². The minimum Gasteiger partial charge on any atom is -0.466 e. The summed E-state index contributed by atoms with van der Waals surface area (Å²) in [5, 5.41) is 23.4. The van der Waals surface area contributed by atoms with Gasteiger partial charge in [-0.05, 0) is 42.8 Å². The zero-order valence-corrected chi connectivity index (χ0v) is 13.2. The fourth-order valence-electron chi connectivity index (χ4n) is 1.91. The van der Waals surface area contributed by atoms with Crippen molar-refractivity contribution in [3.8, 4) is 0 Å². The van der Waals surface area contributed by atoms with Crippen molar-refractivity contribution in [2.24, 2.45) is 0 Å². The first-order valence-corrected chi connectivity index (χ1v) is 7.23. The van der Waals surface area contributed by atoms with Crippen LogP contribution in [0.3, 0.4) is 0 Å². The molecule has 2 unspecified atom stereocenters. The molecule has 7 heteroatoms. The Labute approximate surface area is 137 Å². The van der Waals surface area contributed by atoms with Crippen LogP contribution in [0.1, 0.15) is 24.4 Å². The molecule has 2 rings (SSSR count). The van der Waals surface area contributed by atoms with Gasteiger partial charge in [0.05, 0.1) is 12.8 Å². The smallest absolute Gasteiger partial charge is 0.253 e. The molecule has 1 heterocycles. The van der Waals surface area contributed by atoms with Gasteiger partial charge < -0.3 is 19.9 Å². The summed E-state index contributed by atoms with van der Waals surface area (Å²) in [6, 6.07) is 7.62. The van der Waals surface area contributed by atoms with Gasteiger partial charge in [-0.3, -0.25) is 4.79 Å². The molecule has 3 N–H and O–H groups in total. The molecule has 0 radical (unpaired) electrons. The van der Waals surface area contributed by atoms with Crippen LogP contribution in [0.5, 0.6) is 0 Å². The van der Waals surface area contributed by atoms with Gasteiger partial charge in [0.1, 0.15) is 11.4 Å². The summed E-state index contributed by atoms with van der Waals surface area (Å²) in [4.78, 5) is 12.0. The minimum absolute atomic E-state index is 0.120. The number of halogens is 2. The number of carbonyl (C=O) groups is 1. The molecule has 118 valence electrons. The second-order valence-electron chi connectivity index (χ2n) is 5.07. The number of rotatable bonds is 5. The lowest BCUT2D eigenvalue weighted by Crippen LogP contribution is -2.40. The fraction of sp³-hybridized carbons (Fsp3) is 0.267. The Morgan fingerprint density at radius 1 is 1.36 bits per heavy atom. The van der Waals surface area contributed by atoms with Crippen molar-refractivity contribution in [2.75, 3.05) is 6.54 Å². The molecule has 1 aromatic heterocycles. The van der Waals surface area contributed by atoms with Crippen molar-refractivity contribution >= 4 is 29.1 Å². The molecule has 0 aliphatic rings. The molecule has 0 spiro atoms. The third kappa shape index (κ3) is 4.01. The van der Waals surface area contributed by atoms with Crippen molar-refractivity contribution < 1.29 is 19.4 Å². The Morgan fingerprint density at radius 2 is 2.00 bits per heavy atom. The minimum atomic E-state index is -1.44. The van der Waals surface area contributed by atoms with E-state index in [0.717, 1.165) is 0 Å². The highest BCUT2D eigenvalue weighted by atomic mass is 35.5. The predicted octanol–water partition coefficient (Wildman–Crippen LogP) is 2.64. The van der Waals surface area contributed by atoms with Gasteiger partial charge in [-0.2, -0.15) is 0 Å². The Morgan fingerprint density at radius 3 is 2.55 bits per heavy atom. The summed E-state index contributed by atoms with van der Waals surface area (Å²) < 4.78 is 5.11. The molecule has 22 heavy (non-hydrogen) atoms. The first-order valence-electron chi connectivity index (χ1n) is 6.48. The highest BCUT2D eigenvalue weighted by Gasteiger charge is 2.28. The summed E-state index contributed by atoms with van der Waals surface area (Å²) >= 11 is 11.7. The first kappa shape index (κ1) is 16.8. The predicted molar refractivity (Wildman–Crippen MR) is 82.7 cm³/mol. The molecule has 0 bridgehead atoms. The summed E-state index contributed by atoms with van der Waals surface area (Å²) in [5.74, 6) is -0.363. The molecule has 0 aliphatic carbocycles. The van der Waals surface area contributed by atoms with Crippen LogP contribution >= 0.6 is 23.2 Å². The highest BCUT2D eigenvalue weighted by molar-refractivity contribution is 6.34. The molecule has 0 aliphatic heterocycles. The van der Waals surface area contributed by atoms with Crippen molar-refractivity contribution in [1.82, 2.24) is 5.32 Å². The Bertz CT molecular complexity index is 635. The van der Waals surface area contributed by atoms with E-state index in [9.17, 15) is 15.0 Å². The van der Waals surface area contributed by atoms with Crippen LogP contribution in [0.2, 0.25) is 10.0 Å². The van der Waals surface area contributed by atoms with Crippen LogP contribution in [0.4, 0.5) is 0 Å². The second-order valence-corrected chi connectivity index (χ2v) is 5.95. The van der Waals surface area contributed by atoms with Crippen LogP contribution in [0.25, 0.3) is 0 Å². The highest BCUT2D eigenvalue weighted by Crippen LogP contribution is 2.24. The van der Waals surface area contributed by atoms with Crippen LogP contribution < -0.4 is 5.32 Å². The summed E-state index contributed by atoms with van der Waals surface area (Å²) in [7, 11) is 0. The molecule has 0 fully saturated rings. The lowest BCUT2D eigenvalue weighted by molar-refractivity contribution is -0.131. The summed E-state index contributed by atoms with van der Waals surface area (Å²) in [6.45, 7) is 1.37. The first-order chi connectivity index (χ1) is 10.3. The number of carbonyl (C=O) groups excluding carboxylic acids is 1. The molecule has 0 saturated heterocycles. The van der Waals surface area contributed by atoms with E-state index >= 15 is 0 Å². The van der Waals surface area contributed by atoms with Crippen molar-refractivity contribution in [3.63, 3.8) is 0 Å². The topological polar surface area (TPSA) is 82.7 Å². The standard InChI is InChI=1S/C15H15Cl2NO4/c1-15(21,12-3-2-4-22-12)8-18-14(20)13(19)9-5-10(16)7-11(17)6-9/h2-7,13,19,21H,8H2,1H3,(H,18,20). The van der Waals surface area contributed by atoms with Crippen molar-refractivity contribution in [3.05, 3.63) is 58.0 Å². The number of aliphatic hydroxyl groups is 2. The maximum Gasteiger partial charge on any atom is 0.253 e. The quantitative estimate of drug-likeness (QED) is 0.779. The average molecular weight is 344 g/mol. The van der Waals surface area contributed by atoms with Crippen molar-refractivity contribution in [2.45, 2.75) is 18.6 Å². The Kier molecular flexibility index (Phi) is 5.13. The zero-order chi connectivity index (χ0) is 16.3. The van der Waals surface area contributed by atoms with Crippen LogP contribution in [0.15, 0.2) is 41.0 Å². The van der Waals surface area contributed by atoms with Crippen LogP contribution in [-0.4, -0.2) is 22.7 Å². The summed E-state index contributed by atoms with van der Waals surface area (Å²) in [5.41, 5.74) is -1.11. The molecule has 2 atom stereocenters. The monoisotopic (exact) mass is 343 g/mol. The molecule has 0 saturated carbocycles. The van der Waals surface area contributed by atoms with Gasteiger partial charge in [-0.1, -0.05) is 23.2 Å². The SMILES string of the molecule is CC(O)(CNC(=O)C(O)c1cc(Cl)cc(Cl)c1)c1ccco1. The number of furan rings is 1. The number of amides is 1. The third-order valence-corrected chi connectivity index (χ3v) is 3.54. The Hall–Kier alpha value is -1.53. The van der Waals surface area contributed by atoms with E-state index in [4.69, 9.17) is 27.6 Å². The van der Waals surface area contributed by atoms with Crippen molar-refractivity contribution in [1.29, 1.82) is 0 Å². The van der Waals surface area contributed by atoms with E-state index in [1.807, 2.05) is 0 Å². The van der Waals surface area contributed by atoms with Gasteiger partial charge >= 0.3 is 0 Å². The van der Waals surface area contributed by atoms with E-state index < -0.39 is 17.6 Å². The van der Waals surface area contributed by atoms with Gasteiger partial charge in [-0.25, -0.2) is 0 Å². The molecule has 5 nitrogen and oxygen atoms in total. The fourth-order valence-corrected chi connectivity index (χ4v) is 2.46. The molecule has 1 aromatic carbocycles. The summed E-state index contributed by atoms with van der Waals surface area (Å²) in [6.07, 6.45) is -0.0161. The number of hydrogen-bond donors (Lipinski definition) is 3. The lowest BCUT2D eigenvalue weighted by Gasteiger charge is -2.22. The van der Waals surface area contributed by atoms with E-state index in [1.54, 1.807) is 12.1 Å². The molecular formula is C15H15Cl2NO4. The Balaban J connectivity index is 2.03. The lowest BCUT2D eigenvalue weighted by atomic mass is 10.0. The van der Waals surface area contributed by atoms with E-state index in [1.165, 1.54) is 31.4 Å². The third-order valence-electron chi connectivity index (χ3n) is 3.11. The van der Waals surface area contributed by atoms with Gasteiger partial charge in [0, 0.05) is 10.0 Å². The number of hydrogen-bond acceptors (Lipinski definition) is 4. The van der Waals surface area contributed by atoms with Crippen LogP contribution in [-0.2, 0) is 10.4 Å². The van der Waals surface area contributed by atoms with Gasteiger partial charge in [0.15, 0.2) is 6.10 Å². The van der Waals surface area contributed by atoms with Gasteiger partial charge in [0.2, 0.25) is 0 Å². The number of benzene rings is 1. The zero-order valence-electron chi connectivity index (χ0n) is 11.7. The van der Waals surface area contributed by atoms with E-state index in [2.05, 4.69) is 5.32 Å². The molecule has 1 amide bonds.